The predicted octanol–water partition coefficient (Wildman–Crippen LogP) is 5.98. The Kier molecular flexibility index (Phi) is 6.54. The minimum absolute atomic E-state index is 0.462. The third kappa shape index (κ3) is 4.66. The van der Waals surface area contributed by atoms with Gasteiger partial charge in [0.05, 0.1) is 12.6 Å². The fourth-order valence-corrected chi connectivity index (χ4v) is 5.17. The summed E-state index contributed by atoms with van der Waals surface area (Å²) in [5, 5.41) is 11.2. The zero-order chi connectivity index (χ0) is 23.5. The van der Waals surface area contributed by atoms with Crippen LogP contribution in [-0.2, 0) is 6.54 Å². The van der Waals surface area contributed by atoms with E-state index in [4.69, 9.17) is 9.72 Å². The van der Waals surface area contributed by atoms with Crippen molar-refractivity contribution in [3.05, 3.63) is 72.3 Å². The van der Waals surface area contributed by atoms with Gasteiger partial charge in [0, 0.05) is 55.2 Å². The van der Waals surface area contributed by atoms with Gasteiger partial charge >= 0.3 is 0 Å². The third-order valence-corrected chi connectivity index (χ3v) is 7.03. The summed E-state index contributed by atoms with van der Waals surface area (Å²) in [6.07, 6.45) is 4.62. The van der Waals surface area contributed by atoms with Crippen LogP contribution in [0.25, 0.3) is 21.7 Å². The summed E-state index contributed by atoms with van der Waals surface area (Å²) in [7, 11) is 5.92. The van der Waals surface area contributed by atoms with Gasteiger partial charge in [-0.05, 0) is 48.8 Å². The number of aromatic nitrogens is 1. The van der Waals surface area contributed by atoms with Gasteiger partial charge in [-0.1, -0.05) is 48.5 Å². The minimum Gasteiger partial charge on any atom is -0.496 e. The van der Waals surface area contributed by atoms with Crippen molar-refractivity contribution < 1.29 is 4.74 Å². The number of pyridine rings is 1. The molecule has 1 fully saturated rings. The van der Waals surface area contributed by atoms with Gasteiger partial charge < -0.3 is 20.3 Å². The Morgan fingerprint density at radius 1 is 0.853 bits per heavy atom. The van der Waals surface area contributed by atoms with E-state index in [0.29, 0.717) is 12.1 Å². The van der Waals surface area contributed by atoms with E-state index in [9.17, 15) is 0 Å². The Hall–Kier alpha value is -3.31. The van der Waals surface area contributed by atoms with E-state index in [1.165, 1.54) is 40.3 Å². The van der Waals surface area contributed by atoms with Crippen molar-refractivity contribution in [2.45, 2.75) is 44.3 Å². The minimum atomic E-state index is 0.462. The number of anilines is 2. The molecule has 1 aliphatic carbocycles. The second kappa shape index (κ2) is 9.90. The van der Waals surface area contributed by atoms with E-state index in [1.807, 2.05) is 0 Å². The lowest BCUT2D eigenvalue weighted by molar-refractivity contribution is 0.353. The highest BCUT2D eigenvalue weighted by Crippen LogP contribution is 2.30. The normalized spacial score (nSPS) is 18.2. The summed E-state index contributed by atoms with van der Waals surface area (Å²) in [6, 6.07) is 24.3. The number of benzene rings is 3. The monoisotopic (exact) mass is 454 g/mol. The number of nitrogens with one attached hydrogen (secondary N) is 2. The molecule has 1 heterocycles. The van der Waals surface area contributed by atoms with E-state index in [2.05, 4.69) is 96.4 Å². The van der Waals surface area contributed by atoms with Crippen LogP contribution in [0.3, 0.4) is 0 Å². The molecule has 0 amide bonds. The fourth-order valence-electron chi connectivity index (χ4n) is 5.17. The fraction of sp³-hybridized carbons (Fsp3) is 0.345. The molecule has 5 nitrogen and oxygen atoms in total. The first kappa shape index (κ1) is 22.5. The van der Waals surface area contributed by atoms with Crippen LogP contribution >= 0.6 is 0 Å². The molecule has 1 aliphatic rings. The number of hydrogen-bond acceptors (Lipinski definition) is 5. The molecule has 1 aromatic heterocycles. The largest absolute Gasteiger partial charge is 0.496 e. The lowest BCUT2D eigenvalue weighted by Crippen LogP contribution is -2.36. The maximum absolute atomic E-state index is 5.55. The van der Waals surface area contributed by atoms with Gasteiger partial charge in [0.15, 0.2) is 0 Å². The molecule has 3 aromatic carbocycles. The summed E-state index contributed by atoms with van der Waals surface area (Å²) in [6.45, 7) is 0.881. The van der Waals surface area contributed by atoms with Crippen molar-refractivity contribution in [2.75, 3.05) is 31.4 Å². The lowest BCUT2D eigenvalue weighted by Gasteiger charge is -2.30. The van der Waals surface area contributed by atoms with Gasteiger partial charge in [-0.3, -0.25) is 0 Å². The first-order chi connectivity index (χ1) is 16.6. The van der Waals surface area contributed by atoms with Crippen LogP contribution < -0.4 is 20.3 Å². The molecule has 0 aliphatic heterocycles. The Labute approximate surface area is 202 Å². The molecule has 0 bridgehead atoms. The SMILES string of the molecule is COc1ccc(CNC2CCC(Nc3cc(N(C)C)c4ccccc4n3)CC2)c2ccccc12. The van der Waals surface area contributed by atoms with E-state index in [-0.39, 0.29) is 0 Å². The second-order valence-corrected chi connectivity index (χ2v) is 9.48. The van der Waals surface area contributed by atoms with Crippen molar-refractivity contribution in [1.82, 2.24) is 10.3 Å². The molecule has 0 saturated heterocycles. The summed E-state index contributed by atoms with van der Waals surface area (Å²) >= 11 is 0. The number of nitrogens with zero attached hydrogens (tertiary/aromatic N) is 2. The van der Waals surface area contributed by atoms with Crippen molar-refractivity contribution >= 4 is 33.2 Å². The zero-order valence-electron chi connectivity index (χ0n) is 20.3. The average molecular weight is 455 g/mol. The number of fused-ring (bicyclic) bond motifs is 2. The van der Waals surface area contributed by atoms with E-state index >= 15 is 0 Å². The first-order valence-electron chi connectivity index (χ1n) is 12.2. The zero-order valence-corrected chi connectivity index (χ0v) is 20.3. The molecular weight excluding hydrogens is 420 g/mol. The lowest BCUT2D eigenvalue weighted by atomic mass is 9.91. The van der Waals surface area contributed by atoms with Gasteiger partial charge in [0.2, 0.25) is 0 Å². The molecule has 0 unspecified atom stereocenters. The molecule has 0 radical (unpaired) electrons. The van der Waals surface area contributed by atoms with Crippen molar-refractivity contribution in [2.24, 2.45) is 0 Å². The number of ether oxygens (including phenoxy) is 1. The second-order valence-electron chi connectivity index (χ2n) is 9.48. The van der Waals surface area contributed by atoms with Crippen LogP contribution in [0.5, 0.6) is 5.75 Å². The standard InChI is InChI=1S/C29H34N4O/c1-33(2)27-18-29(32-26-11-7-6-10-25(26)27)31-22-15-13-21(14-16-22)30-19-20-12-17-28(34-3)24-9-5-4-8-23(20)24/h4-12,17-18,21-22,30H,13-16,19H2,1-3H3,(H,31,32). The summed E-state index contributed by atoms with van der Waals surface area (Å²) in [4.78, 5) is 7.05. The highest BCUT2D eigenvalue weighted by atomic mass is 16.5. The quantitative estimate of drug-likeness (QED) is 0.360. The summed E-state index contributed by atoms with van der Waals surface area (Å²) in [5.74, 6) is 1.91. The van der Waals surface area contributed by atoms with E-state index < -0.39 is 0 Å². The van der Waals surface area contributed by atoms with Crippen LogP contribution in [0.4, 0.5) is 11.5 Å². The molecule has 176 valence electrons. The molecule has 4 aromatic rings. The average Bonchev–Trinajstić information content (AvgIpc) is 2.87. The van der Waals surface area contributed by atoms with Crippen molar-refractivity contribution in [3.8, 4) is 5.75 Å². The van der Waals surface area contributed by atoms with Gasteiger partial charge in [-0.25, -0.2) is 4.98 Å². The highest BCUT2D eigenvalue weighted by Gasteiger charge is 2.22. The number of hydrogen-bond donors (Lipinski definition) is 2. The molecule has 1 saturated carbocycles. The molecule has 2 N–H and O–H groups in total. The Morgan fingerprint density at radius 2 is 1.53 bits per heavy atom. The van der Waals surface area contributed by atoms with Crippen LogP contribution in [0.2, 0.25) is 0 Å². The molecule has 5 rings (SSSR count). The van der Waals surface area contributed by atoms with Gasteiger partial charge in [-0.15, -0.1) is 0 Å². The van der Waals surface area contributed by atoms with Crippen LogP contribution in [0.15, 0.2) is 66.7 Å². The Bertz CT molecular complexity index is 1280. The summed E-state index contributed by atoms with van der Waals surface area (Å²) < 4.78 is 5.55. The molecule has 34 heavy (non-hydrogen) atoms. The number of rotatable bonds is 7. The number of para-hydroxylation sites is 1. The van der Waals surface area contributed by atoms with Crippen molar-refractivity contribution in [1.29, 1.82) is 0 Å². The highest BCUT2D eigenvalue weighted by molar-refractivity contribution is 5.93. The van der Waals surface area contributed by atoms with Crippen molar-refractivity contribution in [3.63, 3.8) is 0 Å². The maximum atomic E-state index is 5.55. The topological polar surface area (TPSA) is 49.4 Å². The molecule has 0 spiro atoms. The van der Waals surface area contributed by atoms with Crippen LogP contribution in [-0.4, -0.2) is 38.3 Å². The molecular formula is C29H34N4O. The first-order valence-corrected chi connectivity index (χ1v) is 12.2. The predicted molar refractivity (Wildman–Crippen MR) is 143 cm³/mol. The Morgan fingerprint density at radius 3 is 2.26 bits per heavy atom. The summed E-state index contributed by atoms with van der Waals surface area (Å²) in [5.41, 5.74) is 3.57. The maximum Gasteiger partial charge on any atom is 0.128 e. The molecule has 5 heteroatoms. The smallest absolute Gasteiger partial charge is 0.128 e. The van der Waals surface area contributed by atoms with Crippen LogP contribution in [0, 0.1) is 0 Å². The third-order valence-electron chi connectivity index (χ3n) is 7.03. The van der Waals surface area contributed by atoms with E-state index in [0.717, 1.165) is 36.5 Å². The van der Waals surface area contributed by atoms with Gasteiger partial charge in [0.25, 0.3) is 0 Å². The molecule has 0 atom stereocenters. The van der Waals surface area contributed by atoms with Gasteiger partial charge in [-0.2, -0.15) is 0 Å². The van der Waals surface area contributed by atoms with Gasteiger partial charge in [0.1, 0.15) is 11.6 Å². The van der Waals surface area contributed by atoms with Crippen LogP contribution in [0.1, 0.15) is 31.2 Å². The van der Waals surface area contributed by atoms with E-state index in [1.54, 1.807) is 7.11 Å². The number of methoxy groups -OCH3 is 1. The Balaban J connectivity index is 1.20.